The summed E-state index contributed by atoms with van der Waals surface area (Å²) < 4.78 is 28.2. The van der Waals surface area contributed by atoms with Crippen LogP contribution in [0.4, 0.5) is 0 Å². The maximum atomic E-state index is 9.76. The van der Waals surface area contributed by atoms with Gasteiger partial charge in [-0.05, 0) is 51.4 Å². The smallest absolute Gasteiger partial charge is 0.325 e. The Morgan fingerprint density at radius 1 is 0.793 bits per heavy atom. The monoisotopic (exact) mass is 458 g/mol. The van der Waals surface area contributed by atoms with Crippen LogP contribution in [0.2, 0.25) is 25.2 Å². The maximum Gasteiger partial charge on any atom is 0.325 e. The average Bonchev–Trinajstić information content (AvgIpc) is 2.70. The molecule has 0 rings (SSSR count). The second-order valence-corrected chi connectivity index (χ2v) is 14.0. The van der Waals surface area contributed by atoms with Crippen LogP contribution in [0.5, 0.6) is 0 Å². The van der Waals surface area contributed by atoms with Gasteiger partial charge in [0.15, 0.2) is 0 Å². The summed E-state index contributed by atoms with van der Waals surface area (Å²) in [5.74, 6) is 0. The molecule has 0 spiro atoms. The lowest BCUT2D eigenvalue weighted by atomic mass is 10.2. The number of hydrogen-bond acceptors (Lipinski definition) is 7. The lowest BCUT2D eigenvalue weighted by Crippen LogP contribution is -2.51. The Hall–Kier alpha value is 0.154. The fraction of sp³-hybridized carbons (Fsp3) is 1.00. The minimum atomic E-state index is -2.35. The highest BCUT2D eigenvalue weighted by Gasteiger charge is 2.41. The number of hydrogen-bond donors (Lipinski definition) is 2. The predicted molar refractivity (Wildman–Crippen MR) is 125 cm³/mol. The molecule has 180 valence electrons. The number of aliphatic hydroxyl groups is 2. The van der Waals surface area contributed by atoms with Crippen LogP contribution in [-0.2, 0) is 22.4 Å². The summed E-state index contributed by atoms with van der Waals surface area (Å²) in [6, 6.07) is 1.61. The fourth-order valence-electron chi connectivity index (χ4n) is 2.53. The maximum absolute atomic E-state index is 9.76. The molecular formula is C20H50O7Si2. The van der Waals surface area contributed by atoms with Gasteiger partial charge < -0.3 is 32.7 Å². The average molecular weight is 459 g/mol. The van der Waals surface area contributed by atoms with Gasteiger partial charge in [-0.1, -0.05) is 27.7 Å². The van der Waals surface area contributed by atoms with Gasteiger partial charge in [-0.15, -0.1) is 0 Å². The molecule has 0 radical (unpaired) electrons. The van der Waals surface area contributed by atoms with Crippen LogP contribution < -0.4 is 0 Å². The van der Waals surface area contributed by atoms with Crippen LogP contribution in [0.1, 0.15) is 53.9 Å². The zero-order valence-corrected chi connectivity index (χ0v) is 22.7. The van der Waals surface area contributed by atoms with Gasteiger partial charge in [-0.2, -0.15) is 0 Å². The highest BCUT2D eigenvalue weighted by molar-refractivity contribution is 6.80. The van der Waals surface area contributed by atoms with Crippen molar-refractivity contribution in [3.8, 4) is 0 Å². The second-order valence-electron chi connectivity index (χ2n) is 6.81. The minimum absolute atomic E-state index is 0.348. The Bertz CT molecular complexity index is 338. The molecule has 4 atom stereocenters. The van der Waals surface area contributed by atoms with E-state index in [-0.39, 0.29) is 0 Å². The van der Waals surface area contributed by atoms with Crippen molar-refractivity contribution in [1.29, 1.82) is 0 Å². The Balaban J connectivity index is -0.00000158. The predicted octanol–water partition coefficient (Wildman–Crippen LogP) is 4.07. The van der Waals surface area contributed by atoms with Crippen molar-refractivity contribution in [2.75, 3.05) is 41.2 Å². The van der Waals surface area contributed by atoms with Crippen molar-refractivity contribution < 1.29 is 32.7 Å². The van der Waals surface area contributed by atoms with Crippen molar-refractivity contribution in [2.24, 2.45) is 0 Å². The third-order valence-corrected chi connectivity index (χ3v) is 11.8. The van der Waals surface area contributed by atoms with Crippen molar-refractivity contribution in [3.05, 3.63) is 0 Å². The fourth-order valence-corrected chi connectivity index (χ4v) is 9.71. The van der Waals surface area contributed by atoms with E-state index in [9.17, 15) is 10.2 Å². The largest absolute Gasteiger partial charge is 0.415 e. The van der Waals surface area contributed by atoms with Crippen LogP contribution in [0, 0.1) is 0 Å². The van der Waals surface area contributed by atoms with Crippen LogP contribution >= 0.6 is 0 Å². The molecular weight excluding hydrogens is 408 g/mol. The van der Waals surface area contributed by atoms with Gasteiger partial charge in [0.05, 0.1) is 25.4 Å². The van der Waals surface area contributed by atoms with E-state index >= 15 is 0 Å². The van der Waals surface area contributed by atoms with E-state index in [2.05, 4.69) is 0 Å². The SMILES string of the molecule is CC.CC.COCC(O)CCC[Si](C)(OC)O[Si](C)(CCCOCC(C)O)OC. The Kier molecular flexibility index (Phi) is 24.9. The zero-order chi connectivity index (χ0) is 23.3. The summed E-state index contributed by atoms with van der Waals surface area (Å²) in [6.45, 7) is 15.1. The topological polar surface area (TPSA) is 86.6 Å². The van der Waals surface area contributed by atoms with Crippen molar-refractivity contribution in [1.82, 2.24) is 0 Å². The summed E-state index contributed by atoms with van der Waals surface area (Å²) >= 11 is 0. The van der Waals surface area contributed by atoms with Crippen LogP contribution in [-0.4, -0.2) is 80.7 Å². The second kappa shape index (κ2) is 21.4. The van der Waals surface area contributed by atoms with E-state index < -0.39 is 29.3 Å². The molecule has 2 N–H and O–H groups in total. The van der Waals surface area contributed by atoms with Gasteiger partial charge in [-0.25, -0.2) is 0 Å². The summed E-state index contributed by atoms with van der Waals surface area (Å²) in [7, 11) is 0.269. The molecule has 4 unspecified atom stereocenters. The van der Waals surface area contributed by atoms with Gasteiger partial charge in [0.25, 0.3) is 0 Å². The van der Waals surface area contributed by atoms with Crippen molar-refractivity contribution in [3.63, 3.8) is 0 Å². The lowest BCUT2D eigenvalue weighted by molar-refractivity contribution is 0.0459. The molecule has 0 aromatic heterocycles. The Labute approximate surface area is 182 Å². The van der Waals surface area contributed by atoms with Gasteiger partial charge in [-0.3, -0.25) is 0 Å². The molecule has 0 aliphatic rings. The third-order valence-electron chi connectivity index (χ3n) is 4.10. The van der Waals surface area contributed by atoms with Gasteiger partial charge >= 0.3 is 17.1 Å². The minimum Gasteiger partial charge on any atom is -0.415 e. The lowest BCUT2D eigenvalue weighted by Gasteiger charge is -2.35. The molecule has 0 saturated heterocycles. The summed E-state index contributed by atoms with van der Waals surface area (Å²) in [6.07, 6.45) is 1.43. The quantitative estimate of drug-likeness (QED) is 0.266. The highest BCUT2D eigenvalue weighted by Crippen LogP contribution is 2.25. The van der Waals surface area contributed by atoms with E-state index in [1.165, 1.54) is 0 Å². The summed E-state index contributed by atoms with van der Waals surface area (Å²) in [5, 5.41) is 19.0. The van der Waals surface area contributed by atoms with Gasteiger partial charge in [0.1, 0.15) is 0 Å². The van der Waals surface area contributed by atoms with E-state index in [0.717, 1.165) is 24.9 Å². The van der Waals surface area contributed by atoms with Gasteiger partial charge in [0.2, 0.25) is 0 Å². The zero-order valence-electron chi connectivity index (χ0n) is 20.7. The Morgan fingerprint density at radius 2 is 1.28 bits per heavy atom. The van der Waals surface area contributed by atoms with Crippen molar-refractivity contribution >= 4 is 17.1 Å². The summed E-state index contributed by atoms with van der Waals surface area (Å²) in [5.41, 5.74) is 0. The number of ether oxygens (including phenoxy) is 2. The molecule has 0 amide bonds. The van der Waals surface area contributed by atoms with Crippen LogP contribution in [0.15, 0.2) is 0 Å². The first-order valence-electron chi connectivity index (χ1n) is 10.9. The number of aliphatic hydroxyl groups excluding tert-OH is 2. The van der Waals surface area contributed by atoms with E-state index in [1.807, 2.05) is 40.8 Å². The molecule has 0 aliphatic carbocycles. The molecule has 0 aromatic carbocycles. The number of methoxy groups -OCH3 is 1. The molecule has 0 saturated carbocycles. The molecule has 29 heavy (non-hydrogen) atoms. The molecule has 9 heteroatoms. The normalized spacial score (nSPS) is 17.0. The molecule has 7 nitrogen and oxygen atoms in total. The van der Waals surface area contributed by atoms with Crippen LogP contribution in [0.3, 0.4) is 0 Å². The molecule has 0 bridgehead atoms. The first kappa shape index (κ1) is 33.8. The molecule has 0 aliphatic heterocycles. The third kappa shape index (κ3) is 19.8. The van der Waals surface area contributed by atoms with Crippen LogP contribution in [0.25, 0.3) is 0 Å². The summed E-state index contributed by atoms with van der Waals surface area (Å²) in [4.78, 5) is 0. The first-order valence-corrected chi connectivity index (χ1v) is 16.0. The highest BCUT2D eigenvalue weighted by atomic mass is 28.5. The molecule has 0 heterocycles. The van der Waals surface area contributed by atoms with E-state index in [0.29, 0.717) is 26.2 Å². The van der Waals surface area contributed by atoms with E-state index in [4.69, 9.17) is 22.4 Å². The molecule has 0 aromatic rings. The first-order chi connectivity index (χ1) is 13.7. The van der Waals surface area contributed by atoms with E-state index in [1.54, 1.807) is 28.3 Å². The Morgan fingerprint density at radius 3 is 1.69 bits per heavy atom. The van der Waals surface area contributed by atoms with Crippen molar-refractivity contribution in [2.45, 2.75) is 91.3 Å². The molecule has 0 fully saturated rings. The standard InChI is InChI=1S/C16H38O7Si2.2C2H6/c1-15(17)13-22-10-8-12-25(6,21-4)23-24(5,20-3)11-7-9-16(18)14-19-2;2*1-2/h15-18H,7-14H2,1-6H3;2*1-2H3. The number of rotatable bonds is 16. The van der Waals surface area contributed by atoms with Gasteiger partial charge in [0, 0.05) is 27.9 Å².